The predicted octanol–water partition coefficient (Wildman–Crippen LogP) is 6.35. The third-order valence-electron chi connectivity index (χ3n) is 5.08. The second-order valence-corrected chi connectivity index (χ2v) is 10.0. The van der Waals surface area contributed by atoms with Crippen LogP contribution in [0.4, 0.5) is 11.5 Å². The van der Waals surface area contributed by atoms with E-state index in [2.05, 4.69) is 54.9 Å². The normalized spacial score (nSPS) is 11.9. The zero-order chi connectivity index (χ0) is 24.3. The lowest BCUT2D eigenvalue weighted by Gasteiger charge is -2.18. The first-order chi connectivity index (χ1) is 16.2. The van der Waals surface area contributed by atoms with Crippen LogP contribution in [0.25, 0.3) is 22.4 Å². The summed E-state index contributed by atoms with van der Waals surface area (Å²) in [4.78, 5) is 23.1. The summed E-state index contributed by atoms with van der Waals surface area (Å²) in [5, 5.41) is 4.70. The van der Waals surface area contributed by atoms with Gasteiger partial charge in [-0.2, -0.15) is 0 Å². The Hall–Kier alpha value is -3.16. The van der Waals surface area contributed by atoms with Crippen molar-refractivity contribution in [3.63, 3.8) is 0 Å². The number of hydrogen-bond donors (Lipinski definition) is 1. The number of pyridine rings is 3. The fourth-order valence-electron chi connectivity index (χ4n) is 3.35. The molecule has 0 atom stereocenters. The topological polar surface area (TPSA) is 85.7 Å². The van der Waals surface area contributed by atoms with Gasteiger partial charge in [-0.3, -0.25) is 9.97 Å². The third kappa shape index (κ3) is 5.66. The molecule has 176 valence electrons. The quantitative estimate of drug-likeness (QED) is 0.332. The van der Waals surface area contributed by atoms with Gasteiger partial charge in [-0.05, 0) is 42.3 Å². The van der Waals surface area contributed by atoms with E-state index in [1.54, 1.807) is 18.3 Å². The van der Waals surface area contributed by atoms with E-state index in [0.717, 1.165) is 16.8 Å². The summed E-state index contributed by atoms with van der Waals surface area (Å²) in [5.74, 6) is 1.61. The molecule has 0 saturated heterocycles. The van der Waals surface area contributed by atoms with Gasteiger partial charge in [0.25, 0.3) is 0 Å². The molecule has 0 radical (unpaired) electrons. The molecule has 0 aliphatic heterocycles. The second-order valence-electron chi connectivity index (χ2n) is 9.61. The van der Waals surface area contributed by atoms with E-state index < -0.39 is 0 Å². The largest absolute Gasteiger partial charge is 0.373 e. The Morgan fingerprint density at radius 2 is 1.82 bits per heavy atom. The van der Waals surface area contributed by atoms with E-state index in [1.165, 1.54) is 0 Å². The molecule has 8 heteroatoms. The number of fused-ring (bicyclic) bond motifs is 1. The number of nitrogens with zero attached hydrogens (tertiary/aromatic N) is 5. The van der Waals surface area contributed by atoms with Gasteiger partial charge in [-0.15, -0.1) is 0 Å². The average Bonchev–Trinajstić information content (AvgIpc) is 2.78. The monoisotopic (exact) mass is 476 g/mol. The minimum Gasteiger partial charge on any atom is -0.373 e. The number of halogens is 1. The highest BCUT2D eigenvalue weighted by molar-refractivity contribution is 6.32. The summed E-state index contributed by atoms with van der Waals surface area (Å²) in [6.07, 6.45) is 3.51. The number of rotatable bonds is 7. The first kappa shape index (κ1) is 24.0. The van der Waals surface area contributed by atoms with Crippen molar-refractivity contribution in [2.45, 2.75) is 46.6 Å². The van der Waals surface area contributed by atoms with Gasteiger partial charge in [-0.1, -0.05) is 46.2 Å². The van der Waals surface area contributed by atoms with E-state index >= 15 is 0 Å². The maximum Gasteiger partial charge on any atom is 0.165 e. The smallest absolute Gasteiger partial charge is 0.165 e. The number of nitrogens with one attached hydrogen (secondary N) is 1. The molecule has 34 heavy (non-hydrogen) atoms. The summed E-state index contributed by atoms with van der Waals surface area (Å²) >= 11 is 6.35. The van der Waals surface area contributed by atoms with Gasteiger partial charge in [0.05, 0.1) is 28.0 Å². The maximum atomic E-state index is 6.35. The van der Waals surface area contributed by atoms with Crippen molar-refractivity contribution in [1.82, 2.24) is 24.9 Å². The lowest BCUT2D eigenvalue weighted by atomic mass is 9.92. The molecular weight excluding hydrogens is 448 g/mol. The minimum atomic E-state index is -0.0197. The molecule has 0 saturated carbocycles. The van der Waals surface area contributed by atoms with Crippen LogP contribution in [0, 0.1) is 5.92 Å². The fraction of sp³-hybridized carbons (Fsp3) is 0.346. The average molecular weight is 477 g/mol. The molecule has 0 bridgehead atoms. The number of ether oxygens (including phenoxy) is 1. The molecule has 0 aliphatic carbocycles. The van der Waals surface area contributed by atoms with Crippen LogP contribution in [0.5, 0.6) is 0 Å². The van der Waals surface area contributed by atoms with Crippen LogP contribution < -0.4 is 5.32 Å². The Morgan fingerprint density at radius 3 is 2.50 bits per heavy atom. The Bertz CT molecular complexity index is 1280. The molecule has 1 N–H and O–H groups in total. The van der Waals surface area contributed by atoms with Gasteiger partial charge < -0.3 is 10.1 Å². The second kappa shape index (κ2) is 9.99. The van der Waals surface area contributed by atoms with Crippen LogP contribution in [-0.2, 0) is 16.8 Å². The van der Waals surface area contributed by atoms with Crippen LogP contribution in [0.1, 0.15) is 46.1 Å². The highest BCUT2D eigenvalue weighted by atomic mass is 35.5. The van der Waals surface area contributed by atoms with Crippen molar-refractivity contribution in [2.24, 2.45) is 5.92 Å². The summed E-state index contributed by atoms with van der Waals surface area (Å²) in [5.41, 5.74) is 3.63. The molecule has 4 heterocycles. The van der Waals surface area contributed by atoms with Crippen molar-refractivity contribution in [2.75, 3.05) is 11.9 Å². The van der Waals surface area contributed by atoms with Crippen LogP contribution in [0.15, 0.2) is 48.8 Å². The molecule has 7 nitrogen and oxygen atoms in total. The van der Waals surface area contributed by atoms with Crippen LogP contribution in [-0.4, -0.2) is 31.5 Å². The number of anilines is 2. The number of aromatic nitrogens is 5. The van der Waals surface area contributed by atoms with Crippen molar-refractivity contribution in [3.05, 3.63) is 65.3 Å². The lowest BCUT2D eigenvalue weighted by Crippen LogP contribution is -2.13. The van der Waals surface area contributed by atoms with Gasteiger partial charge in [0.15, 0.2) is 11.5 Å². The summed E-state index contributed by atoms with van der Waals surface area (Å²) in [6.45, 7) is 11.5. The van der Waals surface area contributed by atoms with Crippen LogP contribution in [0.2, 0.25) is 5.02 Å². The first-order valence-corrected chi connectivity index (χ1v) is 11.7. The molecule has 0 amide bonds. The van der Waals surface area contributed by atoms with Crippen molar-refractivity contribution in [1.29, 1.82) is 0 Å². The first-order valence-electron chi connectivity index (χ1n) is 11.3. The summed E-state index contributed by atoms with van der Waals surface area (Å²) in [6, 6.07) is 11.4. The maximum absolute atomic E-state index is 6.35. The molecule has 0 aromatic carbocycles. The number of hydrogen-bond acceptors (Lipinski definition) is 7. The van der Waals surface area contributed by atoms with E-state index in [9.17, 15) is 0 Å². The molecule has 4 aromatic rings. The van der Waals surface area contributed by atoms with Gasteiger partial charge in [-0.25, -0.2) is 15.0 Å². The van der Waals surface area contributed by atoms with E-state index in [1.807, 2.05) is 30.5 Å². The van der Waals surface area contributed by atoms with Gasteiger partial charge in [0.2, 0.25) is 0 Å². The highest BCUT2D eigenvalue weighted by Gasteiger charge is 2.16. The van der Waals surface area contributed by atoms with Crippen molar-refractivity contribution < 1.29 is 4.74 Å². The summed E-state index contributed by atoms with van der Waals surface area (Å²) < 4.78 is 5.80. The van der Waals surface area contributed by atoms with Crippen molar-refractivity contribution >= 4 is 34.1 Å². The van der Waals surface area contributed by atoms with E-state index in [4.69, 9.17) is 26.3 Å². The van der Waals surface area contributed by atoms with Crippen LogP contribution >= 0.6 is 11.6 Å². The lowest BCUT2D eigenvalue weighted by molar-refractivity contribution is 0.0925. The predicted molar refractivity (Wildman–Crippen MR) is 136 cm³/mol. The molecule has 0 spiro atoms. The van der Waals surface area contributed by atoms with Gasteiger partial charge in [0.1, 0.15) is 18.1 Å². The Morgan fingerprint density at radius 1 is 1.00 bits per heavy atom. The Kier molecular flexibility index (Phi) is 7.05. The van der Waals surface area contributed by atoms with E-state index in [0.29, 0.717) is 52.8 Å². The molecule has 4 rings (SSSR count). The minimum absolute atomic E-state index is 0.0197. The SMILES string of the molecule is CC(C)COCc1nc(Nc2ccc(C(C)(C)C)nc2)c2ccc(-c3ncccc3Cl)nc2n1. The van der Waals surface area contributed by atoms with Crippen LogP contribution in [0.3, 0.4) is 0 Å². The molecule has 0 aliphatic rings. The zero-order valence-corrected chi connectivity index (χ0v) is 20.9. The molecule has 0 fully saturated rings. The van der Waals surface area contributed by atoms with E-state index in [-0.39, 0.29) is 5.41 Å². The Labute approximate surface area is 205 Å². The van der Waals surface area contributed by atoms with Gasteiger partial charge in [0, 0.05) is 23.9 Å². The third-order valence-corrected chi connectivity index (χ3v) is 5.39. The van der Waals surface area contributed by atoms with Crippen molar-refractivity contribution in [3.8, 4) is 11.4 Å². The molecule has 0 unspecified atom stereocenters. The Balaban J connectivity index is 1.73. The highest BCUT2D eigenvalue weighted by Crippen LogP contribution is 2.29. The summed E-state index contributed by atoms with van der Waals surface area (Å²) in [7, 11) is 0. The standard InChI is InChI=1S/C26H29ClN6O/c1-16(2)14-34-15-22-32-24(30-17-8-11-21(29-13-17)26(3,4)5)18-9-10-20(31-25(18)33-22)23-19(27)7-6-12-28-23/h6-13,16H,14-15H2,1-5H3,(H,30,31,32,33). The molecule has 4 aromatic heterocycles. The van der Waals surface area contributed by atoms with Gasteiger partial charge >= 0.3 is 0 Å². The zero-order valence-electron chi connectivity index (χ0n) is 20.1. The fourth-order valence-corrected chi connectivity index (χ4v) is 3.57. The molecular formula is C26H29ClN6O.